The van der Waals surface area contributed by atoms with Gasteiger partial charge in [0.1, 0.15) is 0 Å². The molecule has 1 N–H and O–H groups in total. The Kier molecular flexibility index (Phi) is 6.72. The molecule has 1 amide bonds. The highest BCUT2D eigenvalue weighted by molar-refractivity contribution is 7.80. The number of benzene rings is 1. The summed E-state index contributed by atoms with van der Waals surface area (Å²) in [7, 11) is 0. The van der Waals surface area contributed by atoms with Crippen LogP contribution in [0.4, 0.5) is 5.69 Å². The average molecular weight is 296 g/mol. The van der Waals surface area contributed by atoms with E-state index in [2.05, 4.69) is 10.0 Å². The first-order valence-corrected chi connectivity index (χ1v) is 7.25. The van der Waals surface area contributed by atoms with Crippen molar-refractivity contribution < 1.29 is 13.6 Å². The molecule has 1 unspecified atom stereocenters. The Morgan fingerprint density at radius 2 is 2.15 bits per heavy atom. The third kappa shape index (κ3) is 4.34. The van der Waals surface area contributed by atoms with Crippen LogP contribution in [0.1, 0.15) is 36.5 Å². The predicted molar refractivity (Wildman–Crippen MR) is 77.6 cm³/mol. The maximum atomic E-state index is 11.7. The van der Waals surface area contributed by atoms with E-state index in [-0.39, 0.29) is 5.56 Å². The minimum absolute atomic E-state index is 0.115. The number of hydrogen-bond acceptors (Lipinski definition) is 2. The molecule has 0 aromatic heterocycles. The van der Waals surface area contributed by atoms with Crippen molar-refractivity contribution >= 4 is 22.9 Å². The maximum Gasteiger partial charge on any atom is 0.261 e. The van der Waals surface area contributed by atoms with E-state index < -0.39 is 17.2 Å². The molecule has 0 aliphatic heterocycles. The van der Waals surface area contributed by atoms with Crippen LogP contribution in [-0.4, -0.2) is 21.2 Å². The molecule has 0 bridgehead atoms. The lowest BCUT2D eigenvalue weighted by molar-refractivity contribution is 0.100. The van der Waals surface area contributed by atoms with E-state index in [1.54, 1.807) is 18.2 Å². The van der Waals surface area contributed by atoms with Crippen molar-refractivity contribution in [2.24, 2.45) is 5.11 Å². The summed E-state index contributed by atoms with van der Waals surface area (Å²) in [6.07, 6.45) is 2.62. The third-order valence-corrected chi connectivity index (χ3v) is 3.45. The molecule has 0 aliphatic rings. The largest absolute Gasteiger partial charge is 0.289 e. The van der Waals surface area contributed by atoms with Crippen molar-refractivity contribution in [1.82, 2.24) is 0 Å². The van der Waals surface area contributed by atoms with Crippen molar-refractivity contribution in [2.75, 3.05) is 10.8 Å². The fourth-order valence-corrected chi connectivity index (χ4v) is 2.37. The van der Waals surface area contributed by atoms with E-state index >= 15 is 0 Å². The number of carbonyl (C=O) groups excluding carboxylic acids is 1. The lowest BCUT2D eigenvalue weighted by Crippen LogP contribution is -2.27. The fourth-order valence-electron chi connectivity index (χ4n) is 1.75. The minimum atomic E-state index is -2.24. The van der Waals surface area contributed by atoms with Gasteiger partial charge in [0.15, 0.2) is 0 Å². The second kappa shape index (κ2) is 8.31. The molecular formula is C12H16N4O3S. The molecule has 0 radical (unpaired) electrons. The zero-order valence-corrected chi connectivity index (χ0v) is 11.9. The van der Waals surface area contributed by atoms with E-state index in [1.807, 2.05) is 6.92 Å². The summed E-state index contributed by atoms with van der Waals surface area (Å²) in [5.41, 5.74) is 8.73. The van der Waals surface area contributed by atoms with Gasteiger partial charge in [0.25, 0.3) is 17.2 Å². The molecule has 0 fully saturated rings. The molecule has 0 heterocycles. The fraction of sp³-hybridized carbons (Fsp3) is 0.417. The SMILES string of the molecule is CCCCCN(c1ccccc1C(=O)N=[N+]=[N-])S(=O)O. The smallest absolute Gasteiger partial charge is 0.261 e. The molecule has 0 aliphatic carbocycles. The normalized spacial score (nSPS) is 11.5. The Bertz CT molecular complexity index is 543. The lowest BCUT2D eigenvalue weighted by Gasteiger charge is -2.21. The third-order valence-electron chi connectivity index (χ3n) is 2.69. The van der Waals surface area contributed by atoms with Crippen LogP contribution in [0.2, 0.25) is 0 Å². The summed E-state index contributed by atoms with van der Waals surface area (Å²) in [6, 6.07) is 6.28. The zero-order valence-electron chi connectivity index (χ0n) is 11.1. The van der Waals surface area contributed by atoms with Gasteiger partial charge in [-0.05, 0) is 29.2 Å². The van der Waals surface area contributed by atoms with E-state index in [4.69, 9.17) is 5.53 Å². The molecule has 1 aromatic rings. The summed E-state index contributed by atoms with van der Waals surface area (Å²) in [5.74, 6) is -0.769. The number of carbonyl (C=O) groups is 1. The molecule has 0 saturated carbocycles. The first kappa shape index (κ1) is 16.2. The molecule has 20 heavy (non-hydrogen) atoms. The number of hydrogen-bond donors (Lipinski definition) is 1. The molecule has 108 valence electrons. The van der Waals surface area contributed by atoms with Gasteiger partial charge in [0.05, 0.1) is 5.69 Å². The number of azide groups is 1. The van der Waals surface area contributed by atoms with E-state index in [0.717, 1.165) is 19.3 Å². The van der Waals surface area contributed by atoms with Crippen LogP contribution in [-0.2, 0) is 11.3 Å². The van der Waals surface area contributed by atoms with Gasteiger partial charge in [-0.1, -0.05) is 31.9 Å². The van der Waals surface area contributed by atoms with Crippen LogP contribution in [0.15, 0.2) is 29.4 Å². The van der Waals surface area contributed by atoms with Crippen LogP contribution in [0.25, 0.3) is 10.4 Å². The van der Waals surface area contributed by atoms with Gasteiger partial charge in [-0.15, -0.1) is 0 Å². The van der Waals surface area contributed by atoms with Gasteiger partial charge in [-0.2, -0.15) is 0 Å². The highest BCUT2D eigenvalue weighted by Gasteiger charge is 2.18. The molecular weight excluding hydrogens is 280 g/mol. The highest BCUT2D eigenvalue weighted by Crippen LogP contribution is 2.23. The standard InChI is InChI=1S/C12H16N4O3S/c1-2-3-6-9-16(20(18)19)11-8-5-4-7-10(11)12(17)14-15-13/h4-5,7-8H,2-3,6,9H2,1H3,(H,18,19). The van der Waals surface area contributed by atoms with Gasteiger partial charge in [0, 0.05) is 17.0 Å². The van der Waals surface area contributed by atoms with Crippen LogP contribution in [0.3, 0.4) is 0 Å². The van der Waals surface area contributed by atoms with E-state index in [0.29, 0.717) is 12.2 Å². The summed E-state index contributed by atoms with van der Waals surface area (Å²) in [5, 5.41) is 3.03. The molecule has 7 nitrogen and oxygen atoms in total. The minimum Gasteiger partial charge on any atom is -0.289 e. The second-order valence-corrected chi connectivity index (χ2v) is 4.95. The first-order chi connectivity index (χ1) is 9.61. The number of unbranched alkanes of at least 4 members (excludes halogenated alkanes) is 2. The van der Waals surface area contributed by atoms with Crippen LogP contribution in [0, 0.1) is 0 Å². The Labute approximate surface area is 119 Å². The van der Waals surface area contributed by atoms with Crippen LogP contribution in [0.5, 0.6) is 0 Å². The second-order valence-electron chi connectivity index (χ2n) is 4.05. The van der Waals surface area contributed by atoms with E-state index in [9.17, 15) is 13.6 Å². The van der Waals surface area contributed by atoms with Gasteiger partial charge in [-0.25, -0.2) is 4.21 Å². The maximum absolute atomic E-state index is 11.7. The summed E-state index contributed by atoms with van der Waals surface area (Å²) < 4.78 is 22.1. The Morgan fingerprint density at radius 3 is 2.75 bits per heavy atom. The van der Waals surface area contributed by atoms with Gasteiger partial charge in [-0.3, -0.25) is 13.7 Å². The molecule has 0 spiro atoms. The number of amides is 1. The van der Waals surface area contributed by atoms with Crippen molar-refractivity contribution in [1.29, 1.82) is 0 Å². The molecule has 1 aromatic carbocycles. The van der Waals surface area contributed by atoms with Gasteiger partial charge in [0.2, 0.25) is 0 Å². The van der Waals surface area contributed by atoms with E-state index in [1.165, 1.54) is 10.4 Å². The van der Waals surface area contributed by atoms with Crippen molar-refractivity contribution in [3.05, 3.63) is 40.3 Å². The topological polar surface area (TPSA) is 106 Å². The lowest BCUT2D eigenvalue weighted by atomic mass is 10.1. The number of rotatable bonds is 7. The molecule has 0 saturated heterocycles. The quantitative estimate of drug-likeness (QED) is 0.274. The predicted octanol–water partition coefficient (Wildman–Crippen LogP) is 3.27. The molecule has 8 heteroatoms. The Balaban J connectivity index is 3.10. The monoisotopic (exact) mass is 296 g/mol. The average Bonchev–Trinajstić information content (AvgIpc) is 2.43. The number of para-hydroxylation sites is 1. The van der Waals surface area contributed by atoms with Crippen molar-refractivity contribution in [3.63, 3.8) is 0 Å². The highest BCUT2D eigenvalue weighted by atomic mass is 32.2. The number of anilines is 1. The summed E-state index contributed by atoms with van der Waals surface area (Å²) in [6.45, 7) is 2.37. The van der Waals surface area contributed by atoms with Gasteiger partial charge < -0.3 is 0 Å². The first-order valence-electron chi connectivity index (χ1n) is 6.18. The summed E-state index contributed by atoms with van der Waals surface area (Å²) >= 11 is -2.24. The molecule has 1 atom stereocenters. The van der Waals surface area contributed by atoms with Crippen LogP contribution < -0.4 is 4.31 Å². The van der Waals surface area contributed by atoms with Crippen LogP contribution >= 0.6 is 0 Å². The Morgan fingerprint density at radius 1 is 1.45 bits per heavy atom. The summed E-state index contributed by atoms with van der Waals surface area (Å²) in [4.78, 5) is 14.1. The zero-order chi connectivity index (χ0) is 15.0. The molecule has 1 rings (SSSR count). The van der Waals surface area contributed by atoms with Crippen molar-refractivity contribution in [3.8, 4) is 0 Å². The Hall–Kier alpha value is -1.89. The van der Waals surface area contributed by atoms with Gasteiger partial charge >= 0.3 is 0 Å². The number of nitrogens with zero attached hydrogens (tertiary/aromatic N) is 4. The van der Waals surface area contributed by atoms with Crippen molar-refractivity contribution in [2.45, 2.75) is 26.2 Å².